The number of aliphatic carboxylic acids is 1. The highest BCUT2D eigenvalue weighted by Crippen LogP contribution is 2.44. The van der Waals surface area contributed by atoms with Crippen LogP contribution >= 0.6 is 0 Å². The maximum absolute atomic E-state index is 13.4. The lowest BCUT2D eigenvalue weighted by molar-refractivity contribution is -0.141. The molecule has 1 aliphatic carbocycles. The van der Waals surface area contributed by atoms with Crippen molar-refractivity contribution in [1.82, 2.24) is 9.80 Å². The van der Waals surface area contributed by atoms with Gasteiger partial charge in [0, 0.05) is 25.4 Å². The van der Waals surface area contributed by atoms with Crippen molar-refractivity contribution >= 4 is 18.2 Å². The molecule has 5 rings (SSSR count). The Morgan fingerprint density at radius 3 is 2.07 bits per heavy atom. The molecule has 1 N–H and O–H groups in total. The van der Waals surface area contributed by atoms with E-state index in [1.54, 1.807) is 25.7 Å². The van der Waals surface area contributed by atoms with E-state index in [0.717, 1.165) is 27.8 Å². The Balaban J connectivity index is 1.32. The quantitative estimate of drug-likeness (QED) is 0.387. The largest absolute Gasteiger partial charge is 0.480 e. The van der Waals surface area contributed by atoms with Gasteiger partial charge in [-0.3, -0.25) is 4.90 Å². The van der Waals surface area contributed by atoms with Crippen LogP contribution in [-0.2, 0) is 20.7 Å². The van der Waals surface area contributed by atoms with Crippen LogP contribution in [0.25, 0.3) is 11.1 Å². The molecule has 1 heterocycles. The molecule has 8 heteroatoms. The first-order valence-electron chi connectivity index (χ1n) is 14.0. The lowest BCUT2D eigenvalue weighted by Crippen LogP contribution is -2.46. The highest BCUT2D eigenvalue weighted by atomic mass is 16.6. The van der Waals surface area contributed by atoms with Gasteiger partial charge in [-0.05, 0) is 55.0 Å². The molecule has 0 unspecified atom stereocenters. The highest BCUT2D eigenvalue weighted by molar-refractivity contribution is 5.82. The minimum Gasteiger partial charge on any atom is -0.480 e. The predicted molar refractivity (Wildman–Crippen MR) is 155 cm³/mol. The number of carboxylic acids is 1. The van der Waals surface area contributed by atoms with Crippen molar-refractivity contribution in [2.75, 3.05) is 19.7 Å². The molecule has 2 amide bonds. The molecule has 3 aromatic rings. The standard InChI is InChI=1S/C33H36N2O6/c1-33(2,3)41-32(39)34(18-17-22-11-5-4-6-12-22)23-19-29(30(36)37)35(20-23)31(38)40-21-28-26-15-9-7-13-24(26)25-14-8-10-16-27(25)28/h4-16,23,28-29H,17-21H2,1-3H3,(H,36,37)/t23-,29+/m1/s1. The maximum atomic E-state index is 13.4. The highest BCUT2D eigenvalue weighted by Gasteiger charge is 2.45. The fourth-order valence-corrected chi connectivity index (χ4v) is 5.79. The third-order valence-corrected chi connectivity index (χ3v) is 7.69. The van der Waals surface area contributed by atoms with E-state index in [1.165, 1.54) is 4.90 Å². The number of hydrogen-bond acceptors (Lipinski definition) is 5. The van der Waals surface area contributed by atoms with Crippen molar-refractivity contribution in [1.29, 1.82) is 0 Å². The van der Waals surface area contributed by atoms with Crippen molar-refractivity contribution in [2.24, 2.45) is 0 Å². The van der Waals surface area contributed by atoms with Crippen molar-refractivity contribution in [2.45, 2.75) is 57.2 Å². The van der Waals surface area contributed by atoms with Crippen molar-refractivity contribution < 1.29 is 29.0 Å². The third-order valence-electron chi connectivity index (χ3n) is 7.69. The topological polar surface area (TPSA) is 96.4 Å². The second kappa shape index (κ2) is 11.6. The Morgan fingerprint density at radius 1 is 0.902 bits per heavy atom. The van der Waals surface area contributed by atoms with Gasteiger partial charge in [-0.2, -0.15) is 0 Å². The molecule has 2 atom stereocenters. The fourth-order valence-electron chi connectivity index (χ4n) is 5.79. The lowest BCUT2D eigenvalue weighted by atomic mass is 9.98. The Bertz CT molecular complexity index is 1370. The summed E-state index contributed by atoms with van der Waals surface area (Å²) in [4.78, 5) is 41.7. The first-order valence-corrected chi connectivity index (χ1v) is 14.0. The molecule has 0 saturated carbocycles. The normalized spacial score (nSPS) is 18.0. The summed E-state index contributed by atoms with van der Waals surface area (Å²) >= 11 is 0. The number of ether oxygens (including phenoxy) is 2. The van der Waals surface area contributed by atoms with Crippen LogP contribution in [0.2, 0.25) is 0 Å². The van der Waals surface area contributed by atoms with Gasteiger partial charge in [0.05, 0.1) is 6.04 Å². The van der Waals surface area contributed by atoms with Crippen LogP contribution in [-0.4, -0.2) is 70.4 Å². The molecule has 3 aromatic carbocycles. The average Bonchev–Trinajstić information content (AvgIpc) is 3.52. The van der Waals surface area contributed by atoms with Crippen LogP contribution in [0.15, 0.2) is 78.9 Å². The van der Waals surface area contributed by atoms with Crippen LogP contribution in [0.5, 0.6) is 0 Å². The van der Waals surface area contributed by atoms with Crippen molar-refractivity contribution in [3.8, 4) is 11.1 Å². The van der Waals surface area contributed by atoms with Crippen molar-refractivity contribution in [3.63, 3.8) is 0 Å². The maximum Gasteiger partial charge on any atom is 0.410 e. The minimum absolute atomic E-state index is 0.0433. The summed E-state index contributed by atoms with van der Waals surface area (Å²) in [6, 6.07) is 24.2. The number of hydrogen-bond donors (Lipinski definition) is 1. The Morgan fingerprint density at radius 2 is 1.49 bits per heavy atom. The van der Waals surface area contributed by atoms with E-state index in [1.807, 2.05) is 66.7 Å². The SMILES string of the molecule is CC(C)(C)OC(=O)N(CCc1ccccc1)[C@@H]1C[C@@H](C(=O)O)N(C(=O)OCC2c3ccccc3-c3ccccc32)C1. The summed E-state index contributed by atoms with van der Waals surface area (Å²) < 4.78 is 11.5. The predicted octanol–water partition coefficient (Wildman–Crippen LogP) is 5.94. The first kappa shape index (κ1) is 28.2. The Kier molecular flexibility index (Phi) is 8.01. The molecule has 8 nitrogen and oxygen atoms in total. The summed E-state index contributed by atoms with van der Waals surface area (Å²) in [6.07, 6.45) is -0.571. The first-order chi connectivity index (χ1) is 19.6. The molecule has 41 heavy (non-hydrogen) atoms. The van der Waals surface area contributed by atoms with E-state index in [0.29, 0.717) is 13.0 Å². The Labute approximate surface area is 240 Å². The number of benzene rings is 3. The zero-order valence-corrected chi connectivity index (χ0v) is 23.7. The Hall–Kier alpha value is -4.33. The minimum atomic E-state index is -1.13. The van der Waals surface area contributed by atoms with Gasteiger partial charge in [-0.1, -0.05) is 78.9 Å². The lowest BCUT2D eigenvalue weighted by Gasteiger charge is -2.31. The van der Waals surface area contributed by atoms with Gasteiger partial charge in [0.15, 0.2) is 0 Å². The number of fused-ring (bicyclic) bond motifs is 3. The van der Waals surface area contributed by atoms with Gasteiger partial charge in [0.2, 0.25) is 0 Å². The number of amides is 2. The van der Waals surface area contributed by atoms with E-state index < -0.39 is 35.8 Å². The molecule has 0 radical (unpaired) electrons. The van der Waals surface area contributed by atoms with E-state index >= 15 is 0 Å². The molecule has 214 valence electrons. The second-order valence-corrected chi connectivity index (χ2v) is 11.6. The average molecular weight is 557 g/mol. The zero-order chi connectivity index (χ0) is 29.1. The second-order valence-electron chi connectivity index (χ2n) is 11.6. The number of carbonyl (C=O) groups is 3. The molecule has 0 spiro atoms. The molecule has 2 aliphatic rings. The van der Waals surface area contributed by atoms with Gasteiger partial charge >= 0.3 is 18.2 Å². The summed E-state index contributed by atoms with van der Waals surface area (Å²) in [5, 5.41) is 10.0. The van der Waals surface area contributed by atoms with Gasteiger partial charge in [-0.25, -0.2) is 14.4 Å². The van der Waals surface area contributed by atoms with Crippen LogP contribution in [0.3, 0.4) is 0 Å². The molecule has 0 aromatic heterocycles. The molecule has 1 aliphatic heterocycles. The molecule has 0 bridgehead atoms. The number of nitrogens with zero attached hydrogens (tertiary/aromatic N) is 2. The van der Waals surface area contributed by atoms with Crippen LogP contribution in [0.4, 0.5) is 9.59 Å². The van der Waals surface area contributed by atoms with Gasteiger partial charge in [-0.15, -0.1) is 0 Å². The smallest absolute Gasteiger partial charge is 0.410 e. The van der Waals surface area contributed by atoms with E-state index in [9.17, 15) is 19.5 Å². The van der Waals surface area contributed by atoms with Crippen LogP contribution in [0, 0.1) is 0 Å². The number of carbonyl (C=O) groups excluding carboxylic acids is 2. The fraction of sp³-hybridized carbons (Fsp3) is 0.364. The van der Waals surface area contributed by atoms with Gasteiger partial charge < -0.3 is 19.5 Å². The van der Waals surface area contributed by atoms with Gasteiger partial charge in [0.25, 0.3) is 0 Å². The summed E-state index contributed by atoms with van der Waals surface area (Å²) in [5.74, 6) is -1.27. The number of likely N-dealkylation sites (tertiary alicyclic amines) is 1. The molecular weight excluding hydrogens is 520 g/mol. The van der Waals surface area contributed by atoms with Gasteiger partial charge in [0.1, 0.15) is 18.2 Å². The van der Waals surface area contributed by atoms with E-state index in [4.69, 9.17) is 9.47 Å². The molecular formula is C33H36N2O6. The number of carboxylic acid groups (broad SMARTS) is 1. The van der Waals surface area contributed by atoms with Crippen molar-refractivity contribution in [3.05, 3.63) is 95.6 Å². The monoisotopic (exact) mass is 556 g/mol. The van der Waals surface area contributed by atoms with E-state index in [-0.39, 0.29) is 25.5 Å². The third kappa shape index (κ3) is 6.21. The zero-order valence-electron chi connectivity index (χ0n) is 23.7. The molecule has 1 saturated heterocycles. The summed E-state index contributed by atoms with van der Waals surface area (Å²) in [5.41, 5.74) is 4.70. The summed E-state index contributed by atoms with van der Waals surface area (Å²) in [7, 11) is 0. The van der Waals surface area contributed by atoms with E-state index in [2.05, 4.69) is 12.1 Å². The van der Waals surface area contributed by atoms with Crippen LogP contribution < -0.4 is 0 Å². The molecule has 1 fully saturated rings. The van der Waals surface area contributed by atoms with Crippen LogP contribution in [0.1, 0.15) is 49.8 Å². The number of rotatable bonds is 7. The summed E-state index contributed by atoms with van der Waals surface area (Å²) in [6.45, 7) is 5.83.